The lowest BCUT2D eigenvalue weighted by molar-refractivity contribution is -0.136. The smallest absolute Gasteiger partial charge is 0.251 e. The summed E-state index contributed by atoms with van der Waals surface area (Å²) in [5, 5.41) is 12.1. The van der Waals surface area contributed by atoms with Gasteiger partial charge in [-0.1, -0.05) is 0 Å². The van der Waals surface area contributed by atoms with Crippen molar-refractivity contribution < 1.29 is 9.90 Å². The van der Waals surface area contributed by atoms with E-state index < -0.39 is 5.60 Å². The first-order chi connectivity index (χ1) is 7.50. The predicted molar refractivity (Wildman–Crippen MR) is 60.8 cm³/mol. The van der Waals surface area contributed by atoms with Gasteiger partial charge in [-0.05, 0) is 26.7 Å². The first kappa shape index (κ1) is 12.7. The average molecular weight is 225 g/mol. The third-order valence-electron chi connectivity index (χ3n) is 2.24. The number of nitrogens with zero attached hydrogens (tertiary/aromatic N) is 2. The van der Waals surface area contributed by atoms with Gasteiger partial charge in [-0.2, -0.15) is 0 Å². The Bertz CT molecular complexity index is 314. The molecular weight excluding hydrogens is 206 g/mol. The molecule has 1 aromatic rings. The van der Waals surface area contributed by atoms with Crippen LogP contribution in [0.25, 0.3) is 0 Å². The Morgan fingerprint density at radius 1 is 1.50 bits per heavy atom. The van der Waals surface area contributed by atoms with E-state index in [0.29, 0.717) is 6.54 Å². The Kier molecular flexibility index (Phi) is 4.49. The third-order valence-corrected chi connectivity index (χ3v) is 2.24. The molecule has 16 heavy (non-hydrogen) atoms. The van der Waals surface area contributed by atoms with Gasteiger partial charge < -0.3 is 15.0 Å². The minimum absolute atomic E-state index is 0.324. The zero-order valence-corrected chi connectivity index (χ0v) is 9.81. The molecule has 0 aromatic carbocycles. The highest BCUT2D eigenvalue weighted by Crippen LogP contribution is 2.00. The van der Waals surface area contributed by atoms with Gasteiger partial charge in [0.2, 0.25) is 0 Å². The summed E-state index contributed by atoms with van der Waals surface area (Å²) in [4.78, 5) is 15.2. The molecule has 0 fully saturated rings. The standard InChI is InChI=1S/C11H19N3O2/c1-11(2,16)10(15)13-5-3-4-7-14-8-6-12-9-14/h6,8-9,16H,3-5,7H2,1-2H3,(H,13,15). The van der Waals surface area contributed by atoms with Gasteiger partial charge in [0.25, 0.3) is 5.91 Å². The molecule has 0 aliphatic heterocycles. The highest BCUT2D eigenvalue weighted by molar-refractivity contribution is 5.83. The maximum atomic E-state index is 11.3. The van der Waals surface area contributed by atoms with Crippen LogP contribution < -0.4 is 5.32 Å². The molecule has 1 aromatic heterocycles. The average Bonchev–Trinajstić information content (AvgIpc) is 2.68. The van der Waals surface area contributed by atoms with Gasteiger partial charge in [0, 0.05) is 25.5 Å². The van der Waals surface area contributed by atoms with Crippen LogP contribution in [0.5, 0.6) is 0 Å². The Balaban J connectivity index is 2.06. The Labute approximate surface area is 95.5 Å². The quantitative estimate of drug-likeness (QED) is 0.695. The third kappa shape index (κ3) is 4.44. The highest BCUT2D eigenvalue weighted by Gasteiger charge is 2.22. The fourth-order valence-corrected chi connectivity index (χ4v) is 1.26. The SMILES string of the molecule is CC(C)(O)C(=O)NCCCCn1ccnc1. The van der Waals surface area contributed by atoms with Crippen molar-refractivity contribution in [1.29, 1.82) is 0 Å². The molecule has 0 aliphatic rings. The van der Waals surface area contributed by atoms with E-state index in [-0.39, 0.29) is 5.91 Å². The van der Waals surface area contributed by atoms with Gasteiger partial charge in [-0.3, -0.25) is 4.79 Å². The summed E-state index contributed by atoms with van der Waals surface area (Å²) in [5.41, 5.74) is -1.29. The molecule has 2 N–H and O–H groups in total. The number of rotatable bonds is 6. The number of aliphatic hydroxyl groups is 1. The minimum atomic E-state index is -1.29. The number of nitrogens with one attached hydrogen (secondary N) is 1. The second-order valence-corrected chi connectivity index (χ2v) is 4.32. The van der Waals surface area contributed by atoms with Crippen LogP contribution in [0.2, 0.25) is 0 Å². The van der Waals surface area contributed by atoms with Gasteiger partial charge in [-0.25, -0.2) is 4.98 Å². The van der Waals surface area contributed by atoms with E-state index in [4.69, 9.17) is 0 Å². The van der Waals surface area contributed by atoms with Crippen LogP contribution in [0.3, 0.4) is 0 Å². The summed E-state index contributed by atoms with van der Waals surface area (Å²) >= 11 is 0. The summed E-state index contributed by atoms with van der Waals surface area (Å²) in [7, 11) is 0. The van der Waals surface area contributed by atoms with Crippen LogP contribution >= 0.6 is 0 Å². The molecule has 5 nitrogen and oxygen atoms in total. The maximum Gasteiger partial charge on any atom is 0.251 e. The highest BCUT2D eigenvalue weighted by atomic mass is 16.3. The minimum Gasteiger partial charge on any atom is -0.381 e. The van der Waals surface area contributed by atoms with Crippen LogP contribution in [0, 0.1) is 0 Å². The molecule has 0 saturated heterocycles. The first-order valence-corrected chi connectivity index (χ1v) is 5.46. The lowest BCUT2D eigenvalue weighted by Gasteiger charge is -2.16. The molecule has 5 heteroatoms. The second-order valence-electron chi connectivity index (χ2n) is 4.32. The van der Waals surface area contributed by atoms with E-state index in [2.05, 4.69) is 10.3 Å². The summed E-state index contributed by atoms with van der Waals surface area (Å²) in [6.07, 6.45) is 7.30. The van der Waals surface area contributed by atoms with E-state index in [0.717, 1.165) is 19.4 Å². The molecule has 0 unspecified atom stereocenters. The fraction of sp³-hybridized carbons (Fsp3) is 0.636. The Hall–Kier alpha value is -1.36. The predicted octanol–water partition coefficient (Wildman–Crippen LogP) is 0.550. The van der Waals surface area contributed by atoms with Crippen molar-refractivity contribution in [2.75, 3.05) is 6.54 Å². The van der Waals surface area contributed by atoms with Crippen molar-refractivity contribution in [3.63, 3.8) is 0 Å². The van der Waals surface area contributed by atoms with Crippen LogP contribution in [0.4, 0.5) is 0 Å². The Morgan fingerprint density at radius 3 is 2.81 bits per heavy atom. The molecule has 0 saturated carbocycles. The van der Waals surface area contributed by atoms with Crippen LogP contribution in [0.1, 0.15) is 26.7 Å². The van der Waals surface area contributed by atoms with E-state index in [1.165, 1.54) is 13.8 Å². The van der Waals surface area contributed by atoms with Gasteiger partial charge in [-0.15, -0.1) is 0 Å². The topological polar surface area (TPSA) is 67.2 Å². The number of unbranched alkanes of at least 4 members (excludes halogenated alkanes) is 1. The van der Waals surface area contributed by atoms with E-state index >= 15 is 0 Å². The summed E-state index contributed by atoms with van der Waals surface area (Å²) < 4.78 is 2.00. The van der Waals surface area contributed by atoms with Gasteiger partial charge in [0.15, 0.2) is 0 Å². The first-order valence-electron chi connectivity index (χ1n) is 5.46. The van der Waals surface area contributed by atoms with Gasteiger partial charge >= 0.3 is 0 Å². The van der Waals surface area contributed by atoms with Crippen LogP contribution in [-0.2, 0) is 11.3 Å². The van der Waals surface area contributed by atoms with Crippen molar-refractivity contribution in [2.24, 2.45) is 0 Å². The number of carbonyl (C=O) groups is 1. The number of carbonyl (C=O) groups excluding carboxylic acids is 1. The lowest BCUT2D eigenvalue weighted by Crippen LogP contribution is -2.42. The monoisotopic (exact) mass is 225 g/mol. The van der Waals surface area contributed by atoms with Crippen molar-refractivity contribution in [3.05, 3.63) is 18.7 Å². The Morgan fingerprint density at radius 2 is 2.25 bits per heavy atom. The van der Waals surface area contributed by atoms with Crippen molar-refractivity contribution in [2.45, 2.75) is 38.8 Å². The van der Waals surface area contributed by atoms with E-state index in [1.807, 2.05) is 10.8 Å². The van der Waals surface area contributed by atoms with E-state index in [1.54, 1.807) is 12.5 Å². The summed E-state index contributed by atoms with van der Waals surface area (Å²) in [5.74, 6) is -0.324. The maximum absolute atomic E-state index is 11.3. The molecule has 0 bridgehead atoms. The molecule has 1 rings (SSSR count). The van der Waals surface area contributed by atoms with E-state index in [9.17, 15) is 9.90 Å². The summed E-state index contributed by atoms with van der Waals surface area (Å²) in [6, 6.07) is 0. The zero-order chi connectivity index (χ0) is 12.0. The molecular formula is C11H19N3O2. The fourth-order valence-electron chi connectivity index (χ4n) is 1.26. The molecule has 0 spiro atoms. The van der Waals surface area contributed by atoms with Crippen molar-refractivity contribution in [1.82, 2.24) is 14.9 Å². The van der Waals surface area contributed by atoms with Gasteiger partial charge in [0.1, 0.15) is 5.60 Å². The number of amides is 1. The van der Waals surface area contributed by atoms with Crippen LogP contribution in [-0.4, -0.2) is 32.7 Å². The molecule has 0 radical (unpaired) electrons. The number of imidazole rings is 1. The number of hydrogen-bond acceptors (Lipinski definition) is 3. The lowest BCUT2D eigenvalue weighted by atomic mass is 10.1. The summed E-state index contributed by atoms with van der Waals surface area (Å²) in [6.45, 7) is 4.46. The molecule has 1 heterocycles. The second kappa shape index (κ2) is 5.65. The molecule has 0 atom stereocenters. The van der Waals surface area contributed by atoms with Crippen LogP contribution in [0.15, 0.2) is 18.7 Å². The zero-order valence-electron chi connectivity index (χ0n) is 9.81. The molecule has 90 valence electrons. The number of aromatic nitrogens is 2. The number of aryl methyl sites for hydroxylation is 1. The molecule has 0 aliphatic carbocycles. The number of hydrogen-bond donors (Lipinski definition) is 2. The largest absolute Gasteiger partial charge is 0.381 e. The molecule has 1 amide bonds. The van der Waals surface area contributed by atoms with Crippen molar-refractivity contribution in [3.8, 4) is 0 Å². The van der Waals surface area contributed by atoms with Gasteiger partial charge in [0.05, 0.1) is 6.33 Å². The van der Waals surface area contributed by atoms with Crippen molar-refractivity contribution >= 4 is 5.91 Å². The normalized spacial score (nSPS) is 11.4.